The summed E-state index contributed by atoms with van der Waals surface area (Å²) in [6, 6.07) is 1.80. The number of aromatic amines is 1. The van der Waals surface area contributed by atoms with Crippen molar-refractivity contribution < 1.29 is 9.90 Å². The number of aliphatic hydroxyl groups is 1. The van der Waals surface area contributed by atoms with Gasteiger partial charge in [-0.2, -0.15) is 5.10 Å². The Morgan fingerprint density at radius 2 is 2.24 bits per heavy atom. The lowest BCUT2D eigenvalue weighted by Gasteiger charge is -2.25. The molecule has 5 heteroatoms. The van der Waals surface area contributed by atoms with Gasteiger partial charge in [0.2, 0.25) is 5.91 Å². The number of hydrogen-bond acceptors (Lipinski definition) is 3. The van der Waals surface area contributed by atoms with Crippen LogP contribution in [0.2, 0.25) is 0 Å². The van der Waals surface area contributed by atoms with Crippen molar-refractivity contribution in [2.75, 3.05) is 6.54 Å². The maximum absolute atomic E-state index is 11.6. The van der Waals surface area contributed by atoms with E-state index in [1.807, 2.05) is 0 Å². The molecule has 3 N–H and O–H groups in total. The van der Waals surface area contributed by atoms with Crippen molar-refractivity contribution in [1.29, 1.82) is 0 Å². The lowest BCUT2D eigenvalue weighted by Crippen LogP contribution is -2.33. The van der Waals surface area contributed by atoms with Gasteiger partial charge < -0.3 is 10.4 Å². The van der Waals surface area contributed by atoms with Crippen LogP contribution in [0.5, 0.6) is 0 Å². The maximum Gasteiger partial charge on any atom is 0.226 e. The summed E-state index contributed by atoms with van der Waals surface area (Å²) in [5, 5.41) is 18.9. The van der Waals surface area contributed by atoms with E-state index in [0.29, 0.717) is 12.3 Å². The quantitative estimate of drug-likeness (QED) is 0.718. The predicted octanol–water partition coefficient (Wildman–Crippen LogP) is 0.619. The Balaban J connectivity index is 1.66. The molecule has 1 aromatic heterocycles. The van der Waals surface area contributed by atoms with Crippen LogP contribution >= 0.6 is 0 Å². The molecule has 0 aliphatic heterocycles. The van der Waals surface area contributed by atoms with E-state index in [4.69, 9.17) is 0 Å². The second-order valence-electron chi connectivity index (χ2n) is 4.74. The lowest BCUT2D eigenvalue weighted by atomic mass is 9.87. The predicted molar refractivity (Wildman–Crippen MR) is 63.3 cm³/mol. The molecule has 0 saturated heterocycles. The molecule has 1 saturated carbocycles. The van der Waals surface area contributed by atoms with Crippen LogP contribution in [0.25, 0.3) is 0 Å². The summed E-state index contributed by atoms with van der Waals surface area (Å²) >= 11 is 0. The van der Waals surface area contributed by atoms with Crippen molar-refractivity contribution >= 4 is 5.91 Å². The molecule has 1 heterocycles. The fraction of sp³-hybridized carbons (Fsp3) is 0.667. The minimum atomic E-state index is -0.132. The Kier molecular flexibility index (Phi) is 4.14. The summed E-state index contributed by atoms with van der Waals surface area (Å²) in [7, 11) is 0. The Labute approximate surface area is 101 Å². The number of hydrogen-bond donors (Lipinski definition) is 3. The van der Waals surface area contributed by atoms with E-state index in [1.54, 1.807) is 12.3 Å². The third-order valence-electron chi connectivity index (χ3n) is 3.31. The summed E-state index contributed by atoms with van der Waals surface area (Å²) in [5.74, 6) is 0.546. The van der Waals surface area contributed by atoms with Crippen LogP contribution in [0.4, 0.5) is 0 Å². The van der Waals surface area contributed by atoms with Gasteiger partial charge in [-0.05, 0) is 37.7 Å². The molecule has 0 bridgehead atoms. The van der Waals surface area contributed by atoms with Crippen LogP contribution < -0.4 is 5.32 Å². The lowest BCUT2D eigenvalue weighted by molar-refractivity contribution is -0.120. The molecule has 0 spiro atoms. The topological polar surface area (TPSA) is 78.0 Å². The summed E-state index contributed by atoms with van der Waals surface area (Å²) in [6.45, 7) is 0.722. The van der Waals surface area contributed by atoms with Crippen molar-refractivity contribution in [1.82, 2.24) is 15.5 Å². The van der Waals surface area contributed by atoms with E-state index in [1.165, 1.54) is 0 Å². The minimum absolute atomic E-state index is 0.0281. The first kappa shape index (κ1) is 12.1. The molecule has 1 aliphatic rings. The second-order valence-corrected chi connectivity index (χ2v) is 4.74. The molecule has 0 aromatic carbocycles. The third-order valence-corrected chi connectivity index (χ3v) is 3.31. The Bertz CT molecular complexity index is 343. The smallest absolute Gasteiger partial charge is 0.226 e. The number of H-pyrrole nitrogens is 1. The summed E-state index contributed by atoms with van der Waals surface area (Å²) in [5.41, 5.74) is 0.835. The molecule has 0 atom stereocenters. The molecule has 94 valence electrons. The monoisotopic (exact) mass is 237 g/mol. The van der Waals surface area contributed by atoms with Crippen molar-refractivity contribution in [3.63, 3.8) is 0 Å². The Morgan fingerprint density at radius 3 is 2.88 bits per heavy atom. The molecule has 1 aromatic rings. The second kappa shape index (κ2) is 5.82. The van der Waals surface area contributed by atoms with Crippen LogP contribution in [0.1, 0.15) is 31.4 Å². The van der Waals surface area contributed by atoms with Crippen LogP contribution in [0.15, 0.2) is 12.3 Å². The Morgan fingerprint density at radius 1 is 1.47 bits per heavy atom. The highest BCUT2D eigenvalue weighted by Gasteiger charge is 2.19. The van der Waals surface area contributed by atoms with E-state index in [0.717, 1.165) is 37.9 Å². The summed E-state index contributed by atoms with van der Waals surface area (Å²) in [4.78, 5) is 11.6. The first-order valence-corrected chi connectivity index (χ1v) is 6.17. The molecule has 0 radical (unpaired) electrons. The van der Waals surface area contributed by atoms with E-state index in [9.17, 15) is 9.90 Å². The van der Waals surface area contributed by atoms with Crippen molar-refractivity contribution in [3.05, 3.63) is 18.0 Å². The van der Waals surface area contributed by atoms with Gasteiger partial charge in [-0.15, -0.1) is 0 Å². The molecule has 5 nitrogen and oxygen atoms in total. The molecule has 17 heavy (non-hydrogen) atoms. The zero-order valence-corrected chi connectivity index (χ0v) is 9.85. The minimum Gasteiger partial charge on any atom is -0.393 e. The largest absolute Gasteiger partial charge is 0.393 e. The fourth-order valence-electron chi connectivity index (χ4n) is 2.23. The normalized spacial score (nSPS) is 24.5. The molecule has 1 aliphatic carbocycles. The van der Waals surface area contributed by atoms with E-state index in [2.05, 4.69) is 15.5 Å². The standard InChI is InChI=1S/C12H19N3O2/c16-11-3-1-9(2-4-11)8-13-12(17)7-10-5-6-14-15-10/h5-6,9,11,16H,1-4,7-8H2,(H,13,17)(H,14,15). The van der Waals surface area contributed by atoms with Gasteiger partial charge in [0.05, 0.1) is 12.5 Å². The van der Waals surface area contributed by atoms with E-state index >= 15 is 0 Å². The highest BCUT2D eigenvalue weighted by Crippen LogP contribution is 2.23. The summed E-state index contributed by atoms with van der Waals surface area (Å²) < 4.78 is 0. The molecular weight excluding hydrogens is 218 g/mol. The highest BCUT2D eigenvalue weighted by molar-refractivity contribution is 5.78. The fourth-order valence-corrected chi connectivity index (χ4v) is 2.23. The number of aliphatic hydroxyl groups excluding tert-OH is 1. The van der Waals surface area contributed by atoms with Crippen molar-refractivity contribution in [2.45, 2.75) is 38.2 Å². The number of rotatable bonds is 4. The molecule has 1 amide bonds. The number of carbonyl (C=O) groups is 1. The van der Waals surface area contributed by atoms with Crippen molar-refractivity contribution in [2.24, 2.45) is 5.92 Å². The highest BCUT2D eigenvalue weighted by atomic mass is 16.3. The van der Waals surface area contributed by atoms with Gasteiger partial charge >= 0.3 is 0 Å². The van der Waals surface area contributed by atoms with Crippen LogP contribution in [0.3, 0.4) is 0 Å². The van der Waals surface area contributed by atoms with Gasteiger partial charge in [0, 0.05) is 18.4 Å². The first-order valence-electron chi connectivity index (χ1n) is 6.17. The average molecular weight is 237 g/mol. The van der Waals surface area contributed by atoms with Gasteiger partial charge in [0.25, 0.3) is 0 Å². The van der Waals surface area contributed by atoms with Gasteiger partial charge in [-0.25, -0.2) is 0 Å². The van der Waals surface area contributed by atoms with Crippen LogP contribution in [-0.4, -0.2) is 33.9 Å². The number of amides is 1. The molecule has 0 unspecified atom stereocenters. The average Bonchev–Trinajstić information content (AvgIpc) is 2.81. The maximum atomic E-state index is 11.6. The number of carbonyl (C=O) groups excluding carboxylic acids is 1. The first-order chi connectivity index (χ1) is 8.24. The summed E-state index contributed by atoms with van der Waals surface area (Å²) in [6.07, 6.45) is 5.60. The van der Waals surface area contributed by atoms with Gasteiger partial charge in [0.15, 0.2) is 0 Å². The SMILES string of the molecule is O=C(Cc1ccn[nH]1)NCC1CCC(O)CC1. The number of aromatic nitrogens is 2. The number of nitrogens with zero attached hydrogens (tertiary/aromatic N) is 1. The van der Waals surface area contributed by atoms with Gasteiger partial charge in [0.1, 0.15) is 0 Å². The third kappa shape index (κ3) is 3.85. The van der Waals surface area contributed by atoms with Crippen LogP contribution in [-0.2, 0) is 11.2 Å². The zero-order valence-electron chi connectivity index (χ0n) is 9.85. The zero-order chi connectivity index (χ0) is 12.1. The molecule has 2 rings (SSSR count). The number of nitrogens with one attached hydrogen (secondary N) is 2. The van der Waals surface area contributed by atoms with E-state index < -0.39 is 0 Å². The van der Waals surface area contributed by atoms with Crippen molar-refractivity contribution in [3.8, 4) is 0 Å². The van der Waals surface area contributed by atoms with Crippen LogP contribution in [0, 0.1) is 5.92 Å². The Hall–Kier alpha value is -1.36. The molecular formula is C12H19N3O2. The molecule has 1 fully saturated rings. The van der Waals surface area contributed by atoms with Gasteiger partial charge in [-0.3, -0.25) is 9.89 Å². The van der Waals surface area contributed by atoms with E-state index in [-0.39, 0.29) is 12.0 Å². The van der Waals surface area contributed by atoms with Gasteiger partial charge in [-0.1, -0.05) is 0 Å².